The van der Waals surface area contributed by atoms with Crippen LogP contribution in [0.4, 0.5) is 0 Å². The largest absolute Gasteiger partial charge is 0.355 e. The molecule has 1 N–H and O–H groups in total. The Hall–Kier alpha value is -0.970. The van der Waals surface area contributed by atoms with Crippen molar-refractivity contribution in [3.63, 3.8) is 0 Å². The Balaban J connectivity index is 2.63. The van der Waals surface area contributed by atoms with Gasteiger partial charge in [0.05, 0.1) is 5.69 Å². The highest BCUT2D eigenvalue weighted by atomic mass is 32.1. The molecule has 0 bridgehead atoms. The average Bonchev–Trinajstić information content (AvgIpc) is 2.59. The highest BCUT2D eigenvalue weighted by Crippen LogP contribution is 2.16. The number of hydrogen-bond acceptors (Lipinski definition) is 3. The Morgan fingerprint density at radius 1 is 1.42 bits per heavy atom. The minimum Gasteiger partial charge on any atom is -0.355 e. The zero-order valence-electron chi connectivity index (χ0n) is 12.4. The third-order valence-electron chi connectivity index (χ3n) is 3.11. The molecular weight excluding hydrogens is 258 g/mol. The van der Waals surface area contributed by atoms with Crippen LogP contribution in [-0.4, -0.2) is 28.0 Å². The number of aromatic nitrogens is 2. The number of rotatable bonds is 7. The number of aryl methyl sites for hydroxylation is 1. The van der Waals surface area contributed by atoms with E-state index in [1.165, 1.54) is 11.3 Å². The lowest BCUT2D eigenvalue weighted by Gasteiger charge is -2.08. The predicted molar refractivity (Wildman–Crippen MR) is 81.7 cm³/mol. The maximum absolute atomic E-state index is 11.6. The van der Waals surface area contributed by atoms with Crippen molar-refractivity contribution in [2.45, 2.75) is 47.1 Å². The van der Waals surface area contributed by atoms with Crippen molar-refractivity contribution in [1.82, 2.24) is 15.1 Å². The van der Waals surface area contributed by atoms with Crippen LogP contribution in [0.1, 0.15) is 37.2 Å². The molecule has 5 heteroatoms. The normalized spacial score (nSPS) is 11.1. The fourth-order valence-electron chi connectivity index (χ4n) is 2.14. The van der Waals surface area contributed by atoms with Crippen LogP contribution < -0.4 is 5.32 Å². The molecule has 1 aromatic heterocycles. The van der Waals surface area contributed by atoms with Crippen LogP contribution in [0.25, 0.3) is 0 Å². The fourth-order valence-corrected chi connectivity index (χ4v) is 2.25. The first-order chi connectivity index (χ1) is 8.95. The molecule has 0 saturated carbocycles. The maximum Gasteiger partial charge on any atom is 0.220 e. The van der Waals surface area contributed by atoms with E-state index in [1.54, 1.807) is 0 Å². The van der Waals surface area contributed by atoms with Crippen LogP contribution in [0, 0.1) is 19.8 Å². The first kappa shape index (κ1) is 16.1. The lowest BCUT2D eigenvalue weighted by atomic mass is 10.1. The van der Waals surface area contributed by atoms with Crippen LogP contribution in [0.15, 0.2) is 0 Å². The van der Waals surface area contributed by atoms with Gasteiger partial charge in [0.25, 0.3) is 0 Å². The molecule has 0 saturated heterocycles. The van der Waals surface area contributed by atoms with E-state index in [9.17, 15) is 4.79 Å². The second-order valence-corrected chi connectivity index (χ2v) is 5.75. The van der Waals surface area contributed by atoms with Crippen molar-refractivity contribution in [2.75, 3.05) is 12.3 Å². The van der Waals surface area contributed by atoms with Gasteiger partial charge >= 0.3 is 0 Å². The number of nitrogens with zero attached hydrogens (tertiary/aromatic N) is 2. The second-order valence-electron chi connectivity index (χ2n) is 5.30. The van der Waals surface area contributed by atoms with E-state index in [4.69, 9.17) is 0 Å². The van der Waals surface area contributed by atoms with Crippen molar-refractivity contribution in [3.05, 3.63) is 17.0 Å². The Kier molecular flexibility index (Phi) is 6.42. The van der Waals surface area contributed by atoms with Crippen molar-refractivity contribution >= 4 is 18.5 Å². The minimum absolute atomic E-state index is 0.0875. The van der Waals surface area contributed by atoms with Gasteiger partial charge in [-0.3, -0.25) is 9.48 Å². The molecule has 0 spiro atoms. The summed E-state index contributed by atoms with van der Waals surface area (Å²) in [7, 11) is 0. The van der Waals surface area contributed by atoms with E-state index in [0.717, 1.165) is 18.7 Å². The highest BCUT2D eigenvalue weighted by molar-refractivity contribution is 7.80. The number of hydrogen-bond donors (Lipinski definition) is 2. The fraction of sp³-hybridized carbons (Fsp3) is 0.714. The molecule has 1 amide bonds. The minimum atomic E-state index is 0.0875. The van der Waals surface area contributed by atoms with Crippen molar-refractivity contribution in [2.24, 2.45) is 5.92 Å². The molecule has 0 unspecified atom stereocenters. The molecular formula is C14H25N3OS. The maximum atomic E-state index is 11.6. The Bertz CT molecular complexity index is 427. The molecule has 1 heterocycles. The molecule has 0 aliphatic carbocycles. The van der Waals surface area contributed by atoms with Gasteiger partial charge in [-0.05, 0) is 31.7 Å². The van der Waals surface area contributed by atoms with Gasteiger partial charge in [-0.25, -0.2) is 0 Å². The topological polar surface area (TPSA) is 46.9 Å². The van der Waals surface area contributed by atoms with E-state index in [1.807, 2.05) is 6.92 Å². The quantitative estimate of drug-likeness (QED) is 0.753. The molecule has 0 radical (unpaired) electrons. The molecule has 1 rings (SSSR count). The molecule has 0 aliphatic heterocycles. The van der Waals surface area contributed by atoms with Gasteiger partial charge in [0, 0.05) is 31.0 Å². The van der Waals surface area contributed by atoms with Gasteiger partial charge in [0.1, 0.15) is 0 Å². The van der Waals surface area contributed by atoms with Gasteiger partial charge in [-0.15, -0.1) is 0 Å². The number of nitrogens with one attached hydrogen (secondary N) is 1. The third-order valence-corrected chi connectivity index (χ3v) is 3.33. The van der Waals surface area contributed by atoms with E-state index in [0.29, 0.717) is 24.6 Å². The van der Waals surface area contributed by atoms with Gasteiger partial charge in [0.2, 0.25) is 5.91 Å². The molecule has 0 aliphatic rings. The molecule has 0 aromatic carbocycles. The SMILES string of the molecule is Cc1nn(CC(C)C)c(C)c1CCC(=O)NCCS. The van der Waals surface area contributed by atoms with Crippen molar-refractivity contribution < 1.29 is 4.79 Å². The third kappa shape index (κ3) is 4.90. The average molecular weight is 283 g/mol. The van der Waals surface area contributed by atoms with E-state index >= 15 is 0 Å². The summed E-state index contributed by atoms with van der Waals surface area (Å²) in [5.41, 5.74) is 3.44. The van der Waals surface area contributed by atoms with Crippen LogP contribution in [0.2, 0.25) is 0 Å². The summed E-state index contributed by atoms with van der Waals surface area (Å²) < 4.78 is 2.06. The zero-order chi connectivity index (χ0) is 14.4. The number of amides is 1. The first-order valence-electron chi connectivity index (χ1n) is 6.86. The monoisotopic (exact) mass is 283 g/mol. The Labute approximate surface area is 121 Å². The second kappa shape index (κ2) is 7.58. The van der Waals surface area contributed by atoms with Crippen molar-refractivity contribution in [3.8, 4) is 0 Å². The lowest BCUT2D eigenvalue weighted by Crippen LogP contribution is -2.25. The summed E-state index contributed by atoms with van der Waals surface area (Å²) in [6.45, 7) is 10.0. The molecule has 108 valence electrons. The van der Waals surface area contributed by atoms with Crippen LogP contribution in [-0.2, 0) is 17.8 Å². The smallest absolute Gasteiger partial charge is 0.220 e. The standard InChI is InChI=1S/C14H25N3OS/c1-10(2)9-17-12(4)13(11(3)16-17)5-6-14(18)15-7-8-19/h10,19H,5-9H2,1-4H3,(H,15,18). The van der Waals surface area contributed by atoms with Gasteiger partial charge in [-0.1, -0.05) is 13.8 Å². The summed E-state index contributed by atoms with van der Waals surface area (Å²) in [5, 5.41) is 7.40. The molecule has 0 fully saturated rings. The molecule has 4 nitrogen and oxygen atoms in total. The van der Waals surface area contributed by atoms with Gasteiger partial charge in [-0.2, -0.15) is 17.7 Å². The Morgan fingerprint density at radius 2 is 2.11 bits per heavy atom. The van der Waals surface area contributed by atoms with Crippen molar-refractivity contribution in [1.29, 1.82) is 0 Å². The number of carbonyl (C=O) groups is 1. The zero-order valence-corrected chi connectivity index (χ0v) is 13.3. The van der Waals surface area contributed by atoms with Crippen LogP contribution in [0.3, 0.4) is 0 Å². The lowest BCUT2D eigenvalue weighted by molar-refractivity contribution is -0.120. The van der Waals surface area contributed by atoms with Crippen LogP contribution >= 0.6 is 12.6 Å². The first-order valence-corrected chi connectivity index (χ1v) is 7.49. The number of carbonyl (C=O) groups excluding carboxylic acids is 1. The summed E-state index contributed by atoms with van der Waals surface area (Å²) >= 11 is 4.07. The molecule has 0 atom stereocenters. The Morgan fingerprint density at radius 3 is 2.68 bits per heavy atom. The van der Waals surface area contributed by atoms with E-state index < -0.39 is 0 Å². The van der Waals surface area contributed by atoms with Gasteiger partial charge < -0.3 is 5.32 Å². The molecule has 1 aromatic rings. The molecule has 19 heavy (non-hydrogen) atoms. The highest BCUT2D eigenvalue weighted by Gasteiger charge is 2.13. The van der Waals surface area contributed by atoms with Gasteiger partial charge in [0.15, 0.2) is 0 Å². The summed E-state index contributed by atoms with van der Waals surface area (Å²) in [5.74, 6) is 1.34. The summed E-state index contributed by atoms with van der Waals surface area (Å²) in [4.78, 5) is 11.6. The van der Waals surface area contributed by atoms with E-state index in [2.05, 4.69) is 48.5 Å². The van der Waals surface area contributed by atoms with E-state index in [-0.39, 0.29) is 5.91 Å². The predicted octanol–water partition coefficient (Wildman–Crippen LogP) is 2.13. The van der Waals surface area contributed by atoms with Crippen LogP contribution in [0.5, 0.6) is 0 Å². The summed E-state index contributed by atoms with van der Waals surface area (Å²) in [6.07, 6.45) is 1.27. The number of thiol groups is 1. The summed E-state index contributed by atoms with van der Waals surface area (Å²) in [6, 6.07) is 0.